The van der Waals surface area contributed by atoms with Gasteiger partial charge in [0.25, 0.3) is 5.88 Å². The summed E-state index contributed by atoms with van der Waals surface area (Å²) in [5.41, 5.74) is 5.42. The first-order chi connectivity index (χ1) is 9.60. The summed E-state index contributed by atoms with van der Waals surface area (Å²) >= 11 is 0. The summed E-state index contributed by atoms with van der Waals surface area (Å²) in [7, 11) is 1.36. The quantitative estimate of drug-likeness (QED) is 0.552. The van der Waals surface area contributed by atoms with Crippen molar-refractivity contribution in [2.45, 2.75) is 39.0 Å². The lowest BCUT2D eigenvalue weighted by molar-refractivity contribution is -0.144. The summed E-state index contributed by atoms with van der Waals surface area (Å²) in [6, 6.07) is 1.66. The highest BCUT2D eigenvalue weighted by Crippen LogP contribution is 2.28. The van der Waals surface area contributed by atoms with Crippen LogP contribution < -0.4 is 10.5 Å². The second-order valence-electron chi connectivity index (χ2n) is 5.01. The molecular weight excluding hydrogens is 260 g/mol. The third kappa shape index (κ3) is 4.85. The Morgan fingerprint density at radius 3 is 2.75 bits per heavy atom. The van der Waals surface area contributed by atoms with Crippen molar-refractivity contribution in [1.29, 1.82) is 0 Å². The molecule has 1 aromatic heterocycles. The Hall–Kier alpha value is -1.56. The van der Waals surface area contributed by atoms with Crippen molar-refractivity contribution >= 4 is 5.97 Å². The number of hydrogen-bond donors (Lipinski definition) is 1. The van der Waals surface area contributed by atoms with Gasteiger partial charge >= 0.3 is 5.97 Å². The Morgan fingerprint density at radius 2 is 2.15 bits per heavy atom. The first-order valence-corrected chi connectivity index (χ1v) is 6.97. The number of ether oxygens (including phenoxy) is 2. The zero-order valence-corrected chi connectivity index (χ0v) is 12.4. The van der Waals surface area contributed by atoms with Crippen molar-refractivity contribution in [3.05, 3.63) is 11.8 Å². The molecule has 0 saturated heterocycles. The Morgan fingerprint density at radius 1 is 1.40 bits per heavy atom. The van der Waals surface area contributed by atoms with Crippen LogP contribution in [0.4, 0.5) is 0 Å². The van der Waals surface area contributed by atoms with Crippen LogP contribution in [0, 0.1) is 5.92 Å². The van der Waals surface area contributed by atoms with E-state index in [2.05, 4.69) is 5.16 Å². The second kappa shape index (κ2) is 8.58. The lowest BCUT2D eigenvalue weighted by Gasteiger charge is -2.14. The third-order valence-corrected chi connectivity index (χ3v) is 3.03. The SMILES string of the molecule is COC(=O)C(c1cc(OCCCCCN)no1)C(C)C. The molecule has 1 aromatic rings. The number of nitrogens with zero attached hydrogens (tertiary/aromatic N) is 1. The third-order valence-electron chi connectivity index (χ3n) is 3.03. The van der Waals surface area contributed by atoms with Crippen molar-refractivity contribution in [3.8, 4) is 5.88 Å². The molecule has 1 unspecified atom stereocenters. The van der Waals surface area contributed by atoms with Crippen LogP contribution >= 0.6 is 0 Å². The summed E-state index contributed by atoms with van der Waals surface area (Å²) in [4.78, 5) is 11.7. The van der Waals surface area contributed by atoms with E-state index < -0.39 is 5.92 Å². The number of aromatic nitrogens is 1. The predicted octanol–water partition coefficient (Wildman–Crippen LogP) is 2.09. The maximum atomic E-state index is 11.7. The molecule has 0 amide bonds. The molecule has 0 radical (unpaired) electrons. The van der Waals surface area contributed by atoms with Crippen LogP contribution in [-0.2, 0) is 9.53 Å². The number of unbranched alkanes of at least 4 members (excludes halogenated alkanes) is 2. The highest BCUT2D eigenvalue weighted by molar-refractivity contribution is 5.77. The Kier molecular flexibility index (Phi) is 7.08. The van der Waals surface area contributed by atoms with Crippen LogP contribution in [0.5, 0.6) is 5.88 Å². The van der Waals surface area contributed by atoms with Gasteiger partial charge in [0.2, 0.25) is 0 Å². The minimum absolute atomic E-state index is 0.0628. The monoisotopic (exact) mass is 284 g/mol. The zero-order valence-electron chi connectivity index (χ0n) is 12.4. The van der Waals surface area contributed by atoms with Crippen LogP contribution in [0.2, 0.25) is 0 Å². The Bertz CT molecular complexity index is 404. The largest absolute Gasteiger partial charge is 0.476 e. The van der Waals surface area contributed by atoms with Gasteiger partial charge in [-0.3, -0.25) is 4.79 Å². The van der Waals surface area contributed by atoms with E-state index in [1.54, 1.807) is 6.07 Å². The lowest BCUT2D eigenvalue weighted by Crippen LogP contribution is -2.19. The van der Waals surface area contributed by atoms with Crippen LogP contribution in [0.25, 0.3) is 0 Å². The number of methoxy groups -OCH3 is 1. The molecule has 0 aliphatic heterocycles. The van der Waals surface area contributed by atoms with Crippen molar-refractivity contribution in [2.24, 2.45) is 11.7 Å². The molecule has 114 valence electrons. The summed E-state index contributed by atoms with van der Waals surface area (Å²) in [6.07, 6.45) is 2.94. The van der Waals surface area contributed by atoms with Gasteiger partial charge in [-0.05, 0) is 36.9 Å². The van der Waals surface area contributed by atoms with Gasteiger partial charge in [-0.2, -0.15) is 0 Å². The fourth-order valence-corrected chi connectivity index (χ4v) is 1.93. The van der Waals surface area contributed by atoms with E-state index in [9.17, 15) is 4.79 Å². The lowest BCUT2D eigenvalue weighted by atomic mass is 9.93. The van der Waals surface area contributed by atoms with E-state index in [-0.39, 0.29) is 11.9 Å². The fourth-order valence-electron chi connectivity index (χ4n) is 1.93. The molecule has 0 saturated carbocycles. The summed E-state index contributed by atoms with van der Waals surface area (Å²) in [6.45, 7) is 5.12. The standard InChI is InChI=1S/C14H24N2O4/c1-10(2)13(14(17)18-3)11-9-12(16-20-11)19-8-6-4-5-7-15/h9-10,13H,4-8,15H2,1-3H3. The smallest absolute Gasteiger partial charge is 0.316 e. The fraction of sp³-hybridized carbons (Fsp3) is 0.714. The van der Waals surface area contributed by atoms with E-state index in [1.165, 1.54) is 7.11 Å². The number of hydrogen-bond acceptors (Lipinski definition) is 6. The molecule has 0 bridgehead atoms. The van der Waals surface area contributed by atoms with Crippen LogP contribution in [-0.4, -0.2) is 31.4 Å². The maximum Gasteiger partial charge on any atom is 0.316 e. The van der Waals surface area contributed by atoms with Crippen molar-refractivity contribution in [3.63, 3.8) is 0 Å². The van der Waals surface area contributed by atoms with E-state index in [0.29, 0.717) is 24.8 Å². The molecule has 2 N–H and O–H groups in total. The van der Waals surface area contributed by atoms with Crippen molar-refractivity contribution in [2.75, 3.05) is 20.3 Å². The van der Waals surface area contributed by atoms with Gasteiger partial charge in [0, 0.05) is 6.07 Å². The highest BCUT2D eigenvalue weighted by atomic mass is 16.5. The van der Waals surface area contributed by atoms with Gasteiger partial charge in [-0.15, -0.1) is 0 Å². The number of carbonyl (C=O) groups excluding carboxylic acids is 1. The molecule has 0 aromatic carbocycles. The minimum Gasteiger partial charge on any atom is -0.476 e. The molecule has 1 atom stereocenters. The van der Waals surface area contributed by atoms with Crippen molar-refractivity contribution < 1.29 is 18.8 Å². The summed E-state index contributed by atoms with van der Waals surface area (Å²) < 4.78 is 15.5. The molecule has 0 aliphatic carbocycles. The molecule has 0 fully saturated rings. The van der Waals surface area contributed by atoms with E-state index in [1.807, 2.05) is 13.8 Å². The topological polar surface area (TPSA) is 87.6 Å². The average Bonchev–Trinajstić information content (AvgIpc) is 2.86. The molecule has 1 heterocycles. The van der Waals surface area contributed by atoms with E-state index in [0.717, 1.165) is 19.3 Å². The molecule has 0 spiro atoms. The van der Waals surface area contributed by atoms with Crippen LogP contribution in [0.1, 0.15) is 44.8 Å². The minimum atomic E-state index is -0.456. The summed E-state index contributed by atoms with van der Waals surface area (Å²) in [5, 5.41) is 3.82. The number of carbonyl (C=O) groups is 1. The Labute approximate surface area is 119 Å². The number of esters is 1. The number of rotatable bonds is 9. The molecule has 6 nitrogen and oxygen atoms in total. The molecule has 20 heavy (non-hydrogen) atoms. The second-order valence-corrected chi connectivity index (χ2v) is 5.01. The van der Waals surface area contributed by atoms with Gasteiger partial charge in [-0.25, -0.2) is 0 Å². The molecule has 0 aliphatic rings. The van der Waals surface area contributed by atoms with Crippen LogP contribution in [0.3, 0.4) is 0 Å². The highest BCUT2D eigenvalue weighted by Gasteiger charge is 2.29. The average molecular weight is 284 g/mol. The van der Waals surface area contributed by atoms with Crippen molar-refractivity contribution in [1.82, 2.24) is 5.16 Å². The van der Waals surface area contributed by atoms with Gasteiger partial charge in [0.15, 0.2) is 5.76 Å². The molecule has 6 heteroatoms. The van der Waals surface area contributed by atoms with Gasteiger partial charge < -0.3 is 19.7 Å². The maximum absolute atomic E-state index is 11.7. The molecule has 1 rings (SSSR count). The van der Waals surface area contributed by atoms with Gasteiger partial charge in [0.05, 0.1) is 13.7 Å². The van der Waals surface area contributed by atoms with E-state index >= 15 is 0 Å². The Balaban J connectivity index is 2.54. The van der Waals surface area contributed by atoms with Gasteiger partial charge in [0.1, 0.15) is 5.92 Å². The van der Waals surface area contributed by atoms with Gasteiger partial charge in [-0.1, -0.05) is 13.8 Å². The first kappa shape index (κ1) is 16.5. The predicted molar refractivity (Wildman–Crippen MR) is 74.5 cm³/mol. The first-order valence-electron chi connectivity index (χ1n) is 6.97. The van der Waals surface area contributed by atoms with E-state index in [4.69, 9.17) is 19.7 Å². The zero-order chi connectivity index (χ0) is 15.0. The normalized spacial score (nSPS) is 12.4. The van der Waals surface area contributed by atoms with Crippen LogP contribution in [0.15, 0.2) is 10.6 Å². The molecular formula is C14H24N2O4. The number of nitrogens with two attached hydrogens (primary N) is 1. The summed E-state index contributed by atoms with van der Waals surface area (Å²) in [5.74, 6) is 0.159.